The van der Waals surface area contributed by atoms with E-state index in [-0.39, 0.29) is 0 Å². The molecule has 2 aromatic rings. The zero-order valence-electron chi connectivity index (χ0n) is 10.0. The maximum atomic E-state index is 5.88. The number of hydrogen-bond donors (Lipinski definition) is 1. The summed E-state index contributed by atoms with van der Waals surface area (Å²) in [5.74, 6) is 0.888. The number of halogens is 1. The molecule has 2 nitrogen and oxygen atoms in total. The van der Waals surface area contributed by atoms with Crippen LogP contribution < -0.4 is 10.5 Å². The fourth-order valence-corrected chi connectivity index (χ4v) is 2.24. The lowest BCUT2D eigenvalue weighted by molar-refractivity contribution is 0.299. The van der Waals surface area contributed by atoms with Crippen molar-refractivity contribution in [3.05, 3.63) is 53.1 Å². The molecule has 0 saturated carbocycles. The number of nitrogen functional groups attached to an aromatic ring is 1. The SMILES string of the molecule is CSc1ccccc1OCc1ccc(Cl)c(N)c1. The number of benzene rings is 2. The van der Waals surface area contributed by atoms with Gasteiger partial charge in [-0.15, -0.1) is 11.8 Å². The Balaban J connectivity index is 2.09. The average Bonchev–Trinajstić information content (AvgIpc) is 2.40. The lowest BCUT2D eigenvalue weighted by atomic mass is 10.2. The van der Waals surface area contributed by atoms with Gasteiger partial charge in [0.1, 0.15) is 12.4 Å². The molecule has 0 unspecified atom stereocenters. The molecule has 94 valence electrons. The van der Waals surface area contributed by atoms with Gasteiger partial charge in [-0.2, -0.15) is 0 Å². The number of thioether (sulfide) groups is 1. The van der Waals surface area contributed by atoms with Crippen molar-refractivity contribution >= 4 is 29.1 Å². The third-order valence-electron chi connectivity index (χ3n) is 2.52. The summed E-state index contributed by atoms with van der Waals surface area (Å²) in [4.78, 5) is 1.12. The quantitative estimate of drug-likeness (QED) is 0.672. The summed E-state index contributed by atoms with van der Waals surface area (Å²) in [5.41, 5.74) is 7.34. The first-order chi connectivity index (χ1) is 8.70. The van der Waals surface area contributed by atoms with Gasteiger partial charge in [-0.05, 0) is 36.1 Å². The molecule has 0 fully saturated rings. The first-order valence-corrected chi connectivity index (χ1v) is 7.10. The van der Waals surface area contributed by atoms with Gasteiger partial charge in [0.2, 0.25) is 0 Å². The normalized spacial score (nSPS) is 10.3. The van der Waals surface area contributed by atoms with E-state index >= 15 is 0 Å². The van der Waals surface area contributed by atoms with Crippen LogP contribution in [0.15, 0.2) is 47.4 Å². The summed E-state index contributed by atoms with van der Waals surface area (Å²) in [7, 11) is 0. The van der Waals surface area contributed by atoms with Crippen molar-refractivity contribution in [1.29, 1.82) is 0 Å². The van der Waals surface area contributed by atoms with E-state index in [1.807, 2.05) is 42.7 Å². The van der Waals surface area contributed by atoms with Crippen LogP contribution in [-0.2, 0) is 6.61 Å². The van der Waals surface area contributed by atoms with Crippen molar-refractivity contribution in [3.8, 4) is 5.75 Å². The lowest BCUT2D eigenvalue weighted by Gasteiger charge is -2.10. The first-order valence-electron chi connectivity index (χ1n) is 5.50. The third-order valence-corrected chi connectivity index (χ3v) is 3.65. The second kappa shape index (κ2) is 6.03. The zero-order chi connectivity index (χ0) is 13.0. The van der Waals surface area contributed by atoms with E-state index in [9.17, 15) is 0 Å². The van der Waals surface area contributed by atoms with Crippen molar-refractivity contribution in [2.45, 2.75) is 11.5 Å². The Labute approximate surface area is 116 Å². The van der Waals surface area contributed by atoms with Gasteiger partial charge in [-0.25, -0.2) is 0 Å². The molecule has 0 aliphatic rings. The van der Waals surface area contributed by atoms with Gasteiger partial charge in [0, 0.05) is 4.90 Å². The van der Waals surface area contributed by atoms with Crippen LogP contribution in [0.25, 0.3) is 0 Å². The molecule has 0 spiro atoms. The van der Waals surface area contributed by atoms with Gasteiger partial charge < -0.3 is 10.5 Å². The van der Waals surface area contributed by atoms with Crippen LogP contribution in [-0.4, -0.2) is 6.26 Å². The lowest BCUT2D eigenvalue weighted by Crippen LogP contribution is -1.98. The first kappa shape index (κ1) is 13.1. The van der Waals surface area contributed by atoms with Crippen molar-refractivity contribution in [3.63, 3.8) is 0 Å². The number of para-hydroxylation sites is 1. The van der Waals surface area contributed by atoms with Crippen LogP contribution in [0.3, 0.4) is 0 Å². The van der Waals surface area contributed by atoms with E-state index in [2.05, 4.69) is 0 Å². The highest BCUT2D eigenvalue weighted by molar-refractivity contribution is 7.98. The predicted octanol–water partition coefficient (Wildman–Crippen LogP) is 4.22. The molecular weight excluding hydrogens is 266 g/mol. The minimum absolute atomic E-state index is 0.485. The molecule has 2 N–H and O–H groups in total. The molecule has 4 heteroatoms. The van der Waals surface area contributed by atoms with E-state index < -0.39 is 0 Å². The van der Waals surface area contributed by atoms with Crippen molar-refractivity contribution < 1.29 is 4.74 Å². The summed E-state index contributed by atoms with van der Waals surface area (Å²) in [6.45, 7) is 0.485. The topological polar surface area (TPSA) is 35.2 Å². The van der Waals surface area contributed by atoms with Gasteiger partial charge in [0.25, 0.3) is 0 Å². The van der Waals surface area contributed by atoms with E-state index in [1.54, 1.807) is 17.8 Å². The second-order valence-corrected chi connectivity index (χ2v) is 5.05. The minimum atomic E-state index is 0.485. The Kier molecular flexibility index (Phi) is 4.39. The van der Waals surface area contributed by atoms with Crippen LogP contribution in [0.4, 0.5) is 5.69 Å². The summed E-state index contributed by atoms with van der Waals surface area (Å²) < 4.78 is 5.79. The molecule has 0 bridgehead atoms. The van der Waals surface area contributed by atoms with Crippen molar-refractivity contribution in [2.24, 2.45) is 0 Å². The Hall–Kier alpha value is -1.32. The van der Waals surface area contributed by atoms with E-state index in [4.69, 9.17) is 22.1 Å². The number of hydrogen-bond acceptors (Lipinski definition) is 3. The second-order valence-electron chi connectivity index (χ2n) is 3.80. The average molecular weight is 280 g/mol. The molecule has 0 heterocycles. The van der Waals surface area contributed by atoms with Gasteiger partial charge in [0.05, 0.1) is 10.7 Å². The fourth-order valence-electron chi connectivity index (χ4n) is 1.58. The molecule has 0 saturated heterocycles. The van der Waals surface area contributed by atoms with Crippen LogP contribution in [0, 0.1) is 0 Å². The molecule has 18 heavy (non-hydrogen) atoms. The fraction of sp³-hybridized carbons (Fsp3) is 0.143. The highest BCUT2D eigenvalue weighted by Crippen LogP contribution is 2.28. The zero-order valence-corrected chi connectivity index (χ0v) is 11.6. The van der Waals surface area contributed by atoms with E-state index in [0.29, 0.717) is 17.3 Å². The van der Waals surface area contributed by atoms with Gasteiger partial charge in [-0.1, -0.05) is 29.8 Å². The number of nitrogens with two attached hydrogens (primary N) is 1. The molecule has 0 aromatic heterocycles. The highest BCUT2D eigenvalue weighted by Gasteiger charge is 2.03. The standard InChI is InChI=1S/C14H14ClNOS/c1-18-14-5-3-2-4-13(14)17-9-10-6-7-11(15)12(16)8-10/h2-8H,9,16H2,1H3. The maximum Gasteiger partial charge on any atom is 0.133 e. The number of ether oxygens (including phenoxy) is 1. The monoisotopic (exact) mass is 279 g/mol. The van der Waals surface area contributed by atoms with Crippen LogP contribution in [0.5, 0.6) is 5.75 Å². The van der Waals surface area contributed by atoms with Crippen LogP contribution in [0.2, 0.25) is 5.02 Å². The van der Waals surface area contributed by atoms with Gasteiger partial charge in [-0.3, -0.25) is 0 Å². The van der Waals surface area contributed by atoms with Crippen molar-refractivity contribution in [2.75, 3.05) is 12.0 Å². The number of rotatable bonds is 4. The largest absolute Gasteiger partial charge is 0.488 e. The maximum absolute atomic E-state index is 5.88. The van der Waals surface area contributed by atoms with E-state index in [1.165, 1.54) is 0 Å². The molecule has 0 aliphatic carbocycles. The molecular formula is C14H14ClNOS. The summed E-state index contributed by atoms with van der Waals surface area (Å²) >= 11 is 7.54. The van der Waals surface area contributed by atoms with Crippen LogP contribution in [0.1, 0.15) is 5.56 Å². The molecule has 2 rings (SSSR count). The molecule has 0 amide bonds. The number of anilines is 1. The Morgan fingerprint density at radius 3 is 2.72 bits per heavy atom. The van der Waals surface area contributed by atoms with Crippen molar-refractivity contribution in [1.82, 2.24) is 0 Å². The third kappa shape index (κ3) is 3.12. The van der Waals surface area contributed by atoms with Crippen LogP contribution >= 0.6 is 23.4 Å². The minimum Gasteiger partial charge on any atom is -0.488 e. The summed E-state index contributed by atoms with van der Waals surface area (Å²) in [5, 5.41) is 0.572. The molecule has 0 aliphatic heterocycles. The molecule has 2 aromatic carbocycles. The summed E-state index contributed by atoms with van der Waals surface area (Å²) in [6.07, 6.45) is 2.03. The smallest absolute Gasteiger partial charge is 0.133 e. The van der Waals surface area contributed by atoms with Gasteiger partial charge >= 0.3 is 0 Å². The Bertz CT molecular complexity index is 545. The Morgan fingerprint density at radius 2 is 2.00 bits per heavy atom. The van der Waals surface area contributed by atoms with E-state index in [0.717, 1.165) is 16.2 Å². The predicted molar refractivity (Wildman–Crippen MR) is 78.4 cm³/mol. The molecule has 0 atom stereocenters. The molecule has 0 radical (unpaired) electrons. The summed E-state index contributed by atoms with van der Waals surface area (Å²) in [6, 6.07) is 13.5. The van der Waals surface area contributed by atoms with Gasteiger partial charge in [0.15, 0.2) is 0 Å². The highest BCUT2D eigenvalue weighted by atomic mass is 35.5. The Morgan fingerprint density at radius 1 is 1.22 bits per heavy atom.